The Kier molecular flexibility index (Phi) is 0.533. The predicted molar refractivity (Wildman–Crippen MR) is 29.9 cm³/mol. The topological polar surface area (TPSA) is 29.6 Å². The molecule has 0 aromatic carbocycles. The summed E-state index contributed by atoms with van der Waals surface area (Å²) in [7, 11) is 0. The molecule has 1 heterocycles. The van der Waals surface area contributed by atoms with E-state index in [2.05, 4.69) is 0 Å². The van der Waals surface area contributed by atoms with Gasteiger partial charge in [0.15, 0.2) is 0 Å². The smallest absolute Gasteiger partial charge is 0.136 e. The Morgan fingerprint density at radius 1 is 1.56 bits per heavy atom. The summed E-state index contributed by atoms with van der Waals surface area (Å²) in [4.78, 5) is 10.8. The van der Waals surface area contributed by atoms with Crippen LogP contribution in [0, 0.1) is 11.8 Å². The number of hydrogen-bond acceptors (Lipinski definition) is 2. The number of ether oxygens (including phenoxy) is 1. The van der Waals surface area contributed by atoms with Gasteiger partial charge in [0, 0.05) is 18.3 Å². The highest BCUT2D eigenvalue weighted by atomic mass is 16.6. The Balaban J connectivity index is 1.92. The van der Waals surface area contributed by atoms with Crippen LogP contribution in [0.15, 0.2) is 0 Å². The molecule has 2 heteroatoms. The molecule has 4 unspecified atom stereocenters. The lowest BCUT2D eigenvalue weighted by Crippen LogP contribution is -2.36. The zero-order chi connectivity index (χ0) is 6.01. The largest absolute Gasteiger partial charge is 0.369 e. The van der Waals surface area contributed by atoms with Crippen LogP contribution >= 0.6 is 0 Å². The average molecular weight is 124 g/mol. The molecule has 3 aliphatic rings. The number of rotatable bonds is 0. The second kappa shape index (κ2) is 1.08. The molecule has 1 aliphatic heterocycles. The quantitative estimate of drug-likeness (QED) is 0.436. The fraction of sp³-hybridized carbons (Fsp3) is 0.857. The first kappa shape index (κ1) is 4.45. The Bertz CT molecular complexity index is 187. The molecular weight excluding hydrogens is 116 g/mol. The van der Waals surface area contributed by atoms with Gasteiger partial charge in [-0.25, -0.2) is 0 Å². The fourth-order valence-electron chi connectivity index (χ4n) is 2.23. The molecule has 0 radical (unpaired) electrons. The lowest BCUT2D eigenvalue weighted by molar-refractivity contribution is -0.134. The maximum absolute atomic E-state index is 10.8. The van der Waals surface area contributed by atoms with Crippen LogP contribution in [0.3, 0.4) is 0 Å². The van der Waals surface area contributed by atoms with Crippen molar-refractivity contribution in [1.29, 1.82) is 0 Å². The molecule has 9 heavy (non-hydrogen) atoms. The molecule has 0 aromatic heterocycles. The van der Waals surface area contributed by atoms with Crippen molar-refractivity contribution in [2.75, 3.05) is 0 Å². The molecule has 0 aromatic rings. The molecule has 48 valence electrons. The lowest BCUT2D eigenvalue weighted by Gasteiger charge is -2.29. The minimum absolute atomic E-state index is 0.425. The van der Waals surface area contributed by atoms with E-state index in [-0.39, 0.29) is 0 Å². The number of carbonyl (C=O) groups is 1. The number of ketones is 1. The highest BCUT2D eigenvalue weighted by Gasteiger charge is 2.62. The second-order valence-electron chi connectivity index (χ2n) is 3.32. The Labute approximate surface area is 53.2 Å². The van der Waals surface area contributed by atoms with E-state index in [9.17, 15) is 4.79 Å². The van der Waals surface area contributed by atoms with E-state index >= 15 is 0 Å². The molecule has 3 rings (SSSR count). The minimum Gasteiger partial charge on any atom is -0.369 e. The van der Waals surface area contributed by atoms with Crippen LogP contribution in [-0.4, -0.2) is 18.0 Å². The van der Waals surface area contributed by atoms with E-state index < -0.39 is 0 Å². The van der Waals surface area contributed by atoms with Gasteiger partial charge in [0.2, 0.25) is 0 Å². The third kappa shape index (κ3) is 0.368. The normalized spacial score (nSPS) is 60.2. The molecule has 0 N–H and O–H groups in total. The van der Waals surface area contributed by atoms with Crippen LogP contribution in [-0.2, 0) is 9.53 Å². The van der Waals surface area contributed by atoms with Crippen LogP contribution in [0.4, 0.5) is 0 Å². The zero-order valence-electron chi connectivity index (χ0n) is 5.04. The van der Waals surface area contributed by atoms with Crippen molar-refractivity contribution in [2.45, 2.75) is 25.0 Å². The van der Waals surface area contributed by atoms with E-state index in [1.54, 1.807) is 0 Å². The van der Waals surface area contributed by atoms with Crippen LogP contribution in [0.5, 0.6) is 0 Å². The highest BCUT2D eigenvalue weighted by Crippen LogP contribution is 2.54. The van der Waals surface area contributed by atoms with Gasteiger partial charge in [0.1, 0.15) is 5.78 Å². The summed E-state index contributed by atoms with van der Waals surface area (Å²) in [6, 6.07) is 0. The number of epoxide rings is 1. The van der Waals surface area contributed by atoms with Crippen LogP contribution < -0.4 is 0 Å². The SMILES string of the molecule is O=C1CC2C1CC1OC12. The second-order valence-corrected chi connectivity index (χ2v) is 3.32. The molecule has 1 saturated heterocycles. The number of hydrogen-bond donors (Lipinski definition) is 0. The van der Waals surface area contributed by atoms with E-state index in [4.69, 9.17) is 4.74 Å². The molecule has 3 fully saturated rings. The van der Waals surface area contributed by atoms with Gasteiger partial charge in [-0.1, -0.05) is 0 Å². The van der Waals surface area contributed by atoms with Gasteiger partial charge in [-0.3, -0.25) is 4.79 Å². The van der Waals surface area contributed by atoms with Crippen LogP contribution in [0.1, 0.15) is 12.8 Å². The van der Waals surface area contributed by atoms with E-state index in [1.807, 2.05) is 0 Å². The highest BCUT2D eigenvalue weighted by molar-refractivity contribution is 5.88. The third-order valence-electron chi connectivity index (χ3n) is 2.90. The summed E-state index contributed by atoms with van der Waals surface area (Å²) in [5.74, 6) is 1.55. The monoisotopic (exact) mass is 124 g/mol. The molecule has 2 saturated carbocycles. The van der Waals surface area contributed by atoms with Gasteiger partial charge in [-0.2, -0.15) is 0 Å². The van der Waals surface area contributed by atoms with Crippen LogP contribution in [0.2, 0.25) is 0 Å². The standard InChI is InChI=1S/C7H8O2/c8-5-1-4-3(5)2-6-7(4)9-6/h3-4,6-7H,1-2H2. The molecule has 0 spiro atoms. The first-order valence-corrected chi connectivity index (χ1v) is 3.54. The van der Waals surface area contributed by atoms with Gasteiger partial charge in [-0.05, 0) is 6.42 Å². The third-order valence-corrected chi connectivity index (χ3v) is 2.90. The molecule has 2 nitrogen and oxygen atoms in total. The summed E-state index contributed by atoms with van der Waals surface area (Å²) < 4.78 is 5.28. The van der Waals surface area contributed by atoms with E-state index in [0.717, 1.165) is 12.8 Å². The number of Topliss-reactive ketones (excluding diaryl/α,β-unsaturated/α-hetero) is 1. The summed E-state index contributed by atoms with van der Waals surface area (Å²) >= 11 is 0. The van der Waals surface area contributed by atoms with Crippen molar-refractivity contribution in [3.05, 3.63) is 0 Å². The molecule has 2 aliphatic carbocycles. The van der Waals surface area contributed by atoms with Crippen molar-refractivity contribution in [3.8, 4) is 0 Å². The van der Waals surface area contributed by atoms with Crippen molar-refractivity contribution in [3.63, 3.8) is 0 Å². The fourth-order valence-corrected chi connectivity index (χ4v) is 2.23. The van der Waals surface area contributed by atoms with Gasteiger partial charge in [0.25, 0.3) is 0 Å². The van der Waals surface area contributed by atoms with Crippen molar-refractivity contribution in [2.24, 2.45) is 11.8 Å². The maximum Gasteiger partial charge on any atom is 0.136 e. The lowest BCUT2D eigenvalue weighted by atomic mass is 9.74. The van der Waals surface area contributed by atoms with Gasteiger partial charge in [0.05, 0.1) is 12.2 Å². The van der Waals surface area contributed by atoms with Crippen LogP contribution in [0.25, 0.3) is 0 Å². The zero-order valence-corrected chi connectivity index (χ0v) is 5.04. The molecular formula is C7H8O2. The van der Waals surface area contributed by atoms with Crippen molar-refractivity contribution < 1.29 is 9.53 Å². The Hall–Kier alpha value is -0.370. The Morgan fingerprint density at radius 2 is 2.44 bits per heavy atom. The number of fused-ring (bicyclic) bond motifs is 3. The first-order valence-electron chi connectivity index (χ1n) is 3.54. The molecule has 0 amide bonds. The van der Waals surface area contributed by atoms with E-state index in [0.29, 0.717) is 29.8 Å². The minimum atomic E-state index is 0.425. The predicted octanol–water partition coefficient (Wildman–Crippen LogP) is 0.363. The summed E-state index contributed by atoms with van der Waals surface area (Å²) in [5.41, 5.74) is 0. The van der Waals surface area contributed by atoms with Gasteiger partial charge >= 0.3 is 0 Å². The summed E-state index contributed by atoms with van der Waals surface area (Å²) in [6.07, 6.45) is 2.85. The van der Waals surface area contributed by atoms with Crippen molar-refractivity contribution >= 4 is 5.78 Å². The van der Waals surface area contributed by atoms with Gasteiger partial charge < -0.3 is 4.74 Å². The number of carbonyl (C=O) groups excluding carboxylic acids is 1. The molecule has 0 bridgehead atoms. The summed E-state index contributed by atoms with van der Waals surface area (Å²) in [5, 5.41) is 0. The average Bonchev–Trinajstić information content (AvgIpc) is 2.52. The Morgan fingerprint density at radius 3 is 3.00 bits per heavy atom. The van der Waals surface area contributed by atoms with Gasteiger partial charge in [-0.15, -0.1) is 0 Å². The maximum atomic E-state index is 10.8. The first-order chi connectivity index (χ1) is 4.36. The summed E-state index contributed by atoms with van der Waals surface area (Å²) in [6.45, 7) is 0. The van der Waals surface area contributed by atoms with Crippen molar-refractivity contribution in [1.82, 2.24) is 0 Å². The van der Waals surface area contributed by atoms with E-state index in [1.165, 1.54) is 0 Å². The molecule has 4 atom stereocenters.